The summed E-state index contributed by atoms with van der Waals surface area (Å²) in [5, 5.41) is 2.00. The molecule has 50 valence electrons. The zero-order chi connectivity index (χ0) is 6.85. The lowest BCUT2D eigenvalue weighted by molar-refractivity contribution is -0.671. The van der Waals surface area contributed by atoms with Crippen molar-refractivity contribution >= 4 is 0 Å². The molecule has 1 aromatic rings. The van der Waals surface area contributed by atoms with Gasteiger partial charge in [-0.05, 0) is 0 Å². The van der Waals surface area contributed by atoms with Crippen molar-refractivity contribution in [3.8, 4) is 0 Å². The molecule has 1 rings (SSSR count). The summed E-state index contributed by atoms with van der Waals surface area (Å²) in [5.74, 6) is 0. The molecule has 3 heteroatoms. The molecule has 0 N–H and O–H groups in total. The molecule has 0 saturated carbocycles. The maximum absolute atomic E-state index is 2.00. The third-order valence-electron chi connectivity index (χ3n) is 1.22. The van der Waals surface area contributed by atoms with Gasteiger partial charge in [-0.3, -0.25) is 0 Å². The molecule has 0 fully saturated rings. The zero-order valence-electron chi connectivity index (χ0n) is 6.07. The lowest BCUT2D eigenvalue weighted by Crippen LogP contribution is -2.28. The van der Waals surface area contributed by atoms with E-state index in [9.17, 15) is 0 Å². The predicted molar refractivity (Wildman–Crippen MR) is 35.7 cm³/mol. The van der Waals surface area contributed by atoms with Crippen LogP contribution in [0.1, 0.15) is 0 Å². The lowest BCUT2D eigenvalue weighted by Gasteiger charge is -2.03. The zero-order valence-corrected chi connectivity index (χ0v) is 6.07. The minimum absolute atomic E-state index is 2.00. The molecule has 1 heterocycles. The number of imidazole rings is 1. The molecule has 0 amide bonds. The Morgan fingerprint density at radius 1 is 1.44 bits per heavy atom. The molecule has 1 aromatic heterocycles. The van der Waals surface area contributed by atoms with Gasteiger partial charge in [0.15, 0.2) is 6.20 Å². The van der Waals surface area contributed by atoms with E-state index in [1.807, 2.05) is 54.1 Å². The first-order chi connectivity index (χ1) is 4.20. The number of aromatic nitrogens is 2. The van der Waals surface area contributed by atoms with Crippen LogP contribution < -0.4 is 9.58 Å². The van der Waals surface area contributed by atoms with Gasteiger partial charge in [-0.2, -0.15) is 0 Å². The highest BCUT2D eigenvalue weighted by Crippen LogP contribution is 1.79. The van der Waals surface area contributed by atoms with Crippen LogP contribution in [0.4, 0.5) is 0 Å². The van der Waals surface area contributed by atoms with Crippen molar-refractivity contribution in [2.75, 3.05) is 19.1 Å². The van der Waals surface area contributed by atoms with Crippen LogP contribution in [0, 0.1) is 0 Å². The largest absolute Gasteiger partial charge is 0.267 e. The van der Waals surface area contributed by atoms with E-state index in [2.05, 4.69) is 0 Å². The Labute approximate surface area is 55.1 Å². The third kappa shape index (κ3) is 1.22. The average molecular weight is 126 g/mol. The van der Waals surface area contributed by atoms with Crippen molar-refractivity contribution < 1.29 is 4.57 Å². The van der Waals surface area contributed by atoms with E-state index in [1.54, 1.807) is 0 Å². The van der Waals surface area contributed by atoms with Crippen LogP contribution in [0.5, 0.6) is 0 Å². The summed E-state index contributed by atoms with van der Waals surface area (Å²) in [6.45, 7) is 0. The average Bonchev–Trinajstić information content (AvgIpc) is 2.14. The van der Waals surface area contributed by atoms with Gasteiger partial charge in [-0.25, -0.2) is 9.58 Å². The molecular formula is C6H12N3+. The van der Waals surface area contributed by atoms with Crippen LogP contribution in [-0.2, 0) is 7.05 Å². The summed E-state index contributed by atoms with van der Waals surface area (Å²) in [5.41, 5.74) is 0. The Bertz CT molecular complexity index is 190. The number of hydrogen-bond acceptors (Lipinski definition) is 1. The van der Waals surface area contributed by atoms with Gasteiger partial charge < -0.3 is 0 Å². The Morgan fingerprint density at radius 2 is 2.11 bits per heavy atom. The molecule has 0 aliphatic rings. The second-order valence-electron chi connectivity index (χ2n) is 2.31. The first-order valence-corrected chi connectivity index (χ1v) is 2.91. The highest BCUT2D eigenvalue weighted by Gasteiger charge is 1.98. The molecule has 0 atom stereocenters. The monoisotopic (exact) mass is 126 g/mol. The second-order valence-corrected chi connectivity index (χ2v) is 2.31. The SMILES string of the molecule is CN(C)n1cc[n+](C)c1. The molecule has 3 nitrogen and oxygen atoms in total. The Hall–Kier alpha value is -0.990. The van der Waals surface area contributed by atoms with Crippen LogP contribution in [-0.4, -0.2) is 18.8 Å². The van der Waals surface area contributed by atoms with E-state index in [-0.39, 0.29) is 0 Å². The van der Waals surface area contributed by atoms with Crippen LogP contribution >= 0.6 is 0 Å². The van der Waals surface area contributed by atoms with Gasteiger partial charge in [0.05, 0.1) is 7.05 Å². The number of hydrogen-bond donors (Lipinski definition) is 0. The van der Waals surface area contributed by atoms with Gasteiger partial charge in [0.25, 0.3) is 6.33 Å². The van der Waals surface area contributed by atoms with Crippen molar-refractivity contribution in [1.82, 2.24) is 4.68 Å². The predicted octanol–water partition coefficient (Wildman–Crippen LogP) is -0.490. The standard InChI is InChI=1S/C6H12N3/c1-7(2)9-5-4-8(3)6-9/h4-6H,1-3H3/q+1. The minimum Gasteiger partial charge on any atom is -0.250 e. The normalized spacial score (nSPS) is 9.67. The van der Waals surface area contributed by atoms with E-state index in [1.165, 1.54) is 0 Å². The molecule has 0 unspecified atom stereocenters. The number of nitrogens with zero attached hydrogens (tertiary/aromatic N) is 3. The minimum atomic E-state index is 2.00. The number of aryl methyl sites for hydroxylation is 1. The molecule has 0 aliphatic carbocycles. The van der Waals surface area contributed by atoms with E-state index in [0.29, 0.717) is 0 Å². The molecule has 0 spiro atoms. The van der Waals surface area contributed by atoms with E-state index in [4.69, 9.17) is 0 Å². The Kier molecular flexibility index (Phi) is 1.42. The van der Waals surface area contributed by atoms with Crippen LogP contribution in [0.25, 0.3) is 0 Å². The maximum atomic E-state index is 2.00. The van der Waals surface area contributed by atoms with Gasteiger partial charge in [-0.15, -0.1) is 4.68 Å². The second kappa shape index (κ2) is 2.09. The smallest absolute Gasteiger partial charge is 0.250 e. The van der Waals surface area contributed by atoms with Crippen molar-refractivity contribution in [2.24, 2.45) is 7.05 Å². The first-order valence-electron chi connectivity index (χ1n) is 2.91. The first kappa shape index (κ1) is 6.13. The van der Waals surface area contributed by atoms with Crippen molar-refractivity contribution in [1.29, 1.82) is 0 Å². The summed E-state index contributed by atoms with van der Waals surface area (Å²) >= 11 is 0. The summed E-state index contributed by atoms with van der Waals surface area (Å²) in [7, 11) is 6.00. The Balaban J connectivity index is 2.85. The van der Waals surface area contributed by atoms with Gasteiger partial charge in [0.2, 0.25) is 0 Å². The van der Waals surface area contributed by atoms with Gasteiger partial charge in [0, 0.05) is 14.1 Å². The molecule has 0 saturated heterocycles. The molecular weight excluding hydrogens is 114 g/mol. The summed E-state index contributed by atoms with van der Waals surface area (Å²) in [6, 6.07) is 0. The molecule has 0 aliphatic heterocycles. The maximum Gasteiger partial charge on any atom is 0.267 e. The summed E-state index contributed by atoms with van der Waals surface area (Å²) in [4.78, 5) is 0. The van der Waals surface area contributed by atoms with Crippen LogP contribution in [0.3, 0.4) is 0 Å². The van der Waals surface area contributed by atoms with Crippen molar-refractivity contribution in [2.45, 2.75) is 0 Å². The van der Waals surface area contributed by atoms with Gasteiger partial charge >= 0.3 is 0 Å². The molecule has 0 aromatic carbocycles. The summed E-state index contributed by atoms with van der Waals surface area (Å²) in [6.07, 6.45) is 6.00. The van der Waals surface area contributed by atoms with Gasteiger partial charge in [0.1, 0.15) is 6.20 Å². The van der Waals surface area contributed by atoms with Crippen LogP contribution in [0.2, 0.25) is 0 Å². The highest BCUT2D eigenvalue weighted by atomic mass is 15.5. The Morgan fingerprint density at radius 3 is 2.33 bits per heavy atom. The fourth-order valence-electron chi connectivity index (χ4n) is 0.674. The van der Waals surface area contributed by atoms with E-state index in [0.717, 1.165) is 0 Å². The fraction of sp³-hybridized carbons (Fsp3) is 0.500. The molecule has 0 radical (unpaired) electrons. The van der Waals surface area contributed by atoms with E-state index >= 15 is 0 Å². The lowest BCUT2D eigenvalue weighted by atomic mass is 10.9. The van der Waals surface area contributed by atoms with E-state index < -0.39 is 0 Å². The van der Waals surface area contributed by atoms with Gasteiger partial charge in [-0.1, -0.05) is 0 Å². The quantitative estimate of drug-likeness (QED) is 0.462. The van der Waals surface area contributed by atoms with Crippen LogP contribution in [0.15, 0.2) is 18.7 Å². The topological polar surface area (TPSA) is 12.1 Å². The third-order valence-corrected chi connectivity index (χ3v) is 1.22. The number of rotatable bonds is 1. The summed E-state index contributed by atoms with van der Waals surface area (Å²) < 4.78 is 4.00. The molecule has 0 bridgehead atoms. The molecule has 9 heavy (non-hydrogen) atoms. The van der Waals surface area contributed by atoms with Crippen molar-refractivity contribution in [3.05, 3.63) is 18.7 Å². The highest BCUT2D eigenvalue weighted by molar-refractivity contribution is 4.75. The van der Waals surface area contributed by atoms with Crippen molar-refractivity contribution in [3.63, 3.8) is 0 Å². The fourth-order valence-corrected chi connectivity index (χ4v) is 0.674.